The standard InChI is InChI=1S/C57H102NO7P/c1-3-5-7-9-11-13-15-17-19-21-23-25-26-27-28-29-31-33-35-37-39-41-43-45-47-49-52-62-54-56(55-64-66(60,61)63-53-51-58)65-57(59)50-48-46-44-42-40-38-36-34-32-30-24-22-20-18-16-14-12-10-8-6-4-2/h5,7,11,13,17,19,22-25,27-28,31,33,56H,3-4,6,8-10,12,14-16,18,20-21,26,29-30,32,34-55,58H2,1-2H3,(H,60,61)/b7-5-,13-11-,19-17-,24-22-,25-23-,28-27-,33-31-. The van der Waals surface area contributed by atoms with Gasteiger partial charge in [0.1, 0.15) is 6.10 Å². The number of carbonyl (C=O) groups excluding carboxylic acids is 1. The van der Waals surface area contributed by atoms with Crippen LogP contribution in [0.15, 0.2) is 85.1 Å². The maximum Gasteiger partial charge on any atom is 0.472 e. The highest BCUT2D eigenvalue weighted by atomic mass is 31.2. The largest absolute Gasteiger partial charge is 0.472 e. The van der Waals surface area contributed by atoms with Crippen molar-refractivity contribution in [2.75, 3.05) is 33.0 Å². The summed E-state index contributed by atoms with van der Waals surface area (Å²) >= 11 is 0. The van der Waals surface area contributed by atoms with Crippen molar-refractivity contribution in [3.05, 3.63) is 85.1 Å². The van der Waals surface area contributed by atoms with E-state index in [0.717, 1.165) is 83.5 Å². The van der Waals surface area contributed by atoms with Crippen molar-refractivity contribution >= 4 is 13.8 Å². The Kier molecular flexibility index (Phi) is 51.7. The first-order valence-electron chi connectivity index (χ1n) is 27.1. The fourth-order valence-electron chi connectivity index (χ4n) is 7.35. The Bertz CT molecular complexity index is 1290. The number of phosphoric acid groups is 1. The molecule has 0 aromatic carbocycles. The third-order valence-corrected chi connectivity index (χ3v) is 12.3. The van der Waals surface area contributed by atoms with Crippen LogP contribution in [0.4, 0.5) is 0 Å². The molecule has 382 valence electrons. The summed E-state index contributed by atoms with van der Waals surface area (Å²) in [5, 5.41) is 0. The average molecular weight is 944 g/mol. The lowest BCUT2D eigenvalue weighted by molar-refractivity contribution is -0.154. The van der Waals surface area contributed by atoms with E-state index >= 15 is 0 Å². The van der Waals surface area contributed by atoms with Crippen molar-refractivity contribution in [2.45, 2.75) is 238 Å². The number of carbonyl (C=O) groups is 1. The van der Waals surface area contributed by atoms with Crippen LogP contribution in [0.3, 0.4) is 0 Å². The second-order valence-electron chi connectivity index (χ2n) is 17.7. The maximum atomic E-state index is 12.7. The molecule has 3 N–H and O–H groups in total. The van der Waals surface area contributed by atoms with Gasteiger partial charge in [-0.2, -0.15) is 0 Å². The van der Waals surface area contributed by atoms with E-state index in [1.165, 1.54) is 128 Å². The first-order chi connectivity index (χ1) is 32.4. The van der Waals surface area contributed by atoms with Crippen LogP contribution in [-0.4, -0.2) is 49.9 Å². The summed E-state index contributed by atoms with van der Waals surface area (Å²) in [6.07, 6.45) is 70.5. The Morgan fingerprint density at radius 1 is 0.470 bits per heavy atom. The molecule has 0 saturated carbocycles. The van der Waals surface area contributed by atoms with Crippen molar-refractivity contribution < 1.29 is 32.8 Å². The molecule has 0 aromatic rings. The van der Waals surface area contributed by atoms with Gasteiger partial charge in [-0.1, -0.05) is 221 Å². The molecule has 0 aliphatic rings. The molecule has 0 radical (unpaired) electrons. The summed E-state index contributed by atoms with van der Waals surface area (Å²) in [6, 6.07) is 0. The Balaban J connectivity index is 3.98. The fraction of sp³-hybridized carbons (Fsp3) is 0.737. The van der Waals surface area contributed by atoms with Crippen LogP contribution in [0.1, 0.15) is 232 Å². The predicted octanol–water partition coefficient (Wildman–Crippen LogP) is 17.2. The number of unbranched alkanes of at least 4 members (excludes halogenated alkanes) is 24. The molecular weight excluding hydrogens is 842 g/mol. The number of allylic oxidation sites excluding steroid dienone is 14. The van der Waals surface area contributed by atoms with E-state index in [-0.39, 0.29) is 32.3 Å². The number of phosphoric ester groups is 1. The molecule has 9 heteroatoms. The highest BCUT2D eigenvalue weighted by Gasteiger charge is 2.25. The van der Waals surface area contributed by atoms with Gasteiger partial charge in [0.2, 0.25) is 0 Å². The number of hydrogen-bond donors (Lipinski definition) is 2. The van der Waals surface area contributed by atoms with E-state index in [9.17, 15) is 14.3 Å². The SMILES string of the molecule is CC/C=C\C/C=C\C/C=C\C/C=C\C/C=C\C/C=C\CCCCCCCCCOCC(COP(=O)(O)OCCN)OC(=O)CCCCCCCCCCC/C=C\CCCCCCCCCC. The molecule has 2 atom stereocenters. The lowest BCUT2D eigenvalue weighted by Gasteiger charge is -2.20. The van der Waals surface area contributed by atoms with Gasteiger partial charge in [-0.15, -0.1) is 0 Å². The van der Waals surface area contributed by atoms with E-state index in [1.807, 2.05) is 0 Å². The minimum absolute atomic E-state index is 0.0943. The zero-order chi connectivity index (χ0) is 48.0. The molecule has 0 saturated heterocycles. The number of rotatable bonds is 51. The first-order valence-corrected chi connectivity index (χ1v) is 28.6. The van der Waals surface area contributed by atoms with Gasteiger partial charge in [0.05, 0.1) is 19.8 Å². The maximum absolute atomic E-state index is 12.7. The molecule has 0 fully saturated rings. The minimum Gasteiger partial charge on any atom is -0.457 e. The smallest absolute Gasteiger partial charge is 0.457 e. The molecule has 0 heterocycles. The van der Waals surface area contributed by atoms with E-state index in [0.29, 0.717) is 13.0 Å². The van der Waals surface area contributed by atoms with E-state index < -0.39 is 13.9 Å². The second-order valence-corrected chi connectivity index (χ2v) is 19.2. The van der Waals surface area contributed by atoms with Crippen LogP contribution in [0, 0.1) is 0 Å². The van der Waals surface area contributed by atoms with Crippen LogP contribution < -0.4 is 5.73 Å². The van der Waals surface area contributed by atoms with Crippen LogP contribution in [-0.2, 0) is 27.9 Å². The molecule has 0 rings (SSSR count). The lowest BCUT2D eigenvalue weighted by Crippen LogP contribution is -2.28. The topological polar surface area (TPSA) is 117 Å². The summed E-state index contributed by atoms with van der Waals surface area (Å²) in [4.78, 5) is 22.6. The summed E-state index contributed by atoms with van der Waals surface area (Å²) in [5.41, 5.74) is 5.40. The van der Waals surface area contributed by atoms with Crippen LogP contribution >= 0.6 is 7.82 Å². The van der Waals surface area contributed by atoms with Crippen molar-refractivity contribution in [1.29, 1.82) is 0 Å². The van der Waals surface area contributed by atoms with E-state index in [2.05, 4.69) is 98.9 Å². The van der Waals surface area contributed by atoms with Gasteiger partial charge in [-0.3, -0.25) is 13.8 Å². The van der Waals surface area contributed by atoms with Crippen LogP contribution in [0.2, 0.25) is 0 Å². The third-order valence-electron chi connectivity index (χ3n) is 11.3. The summed E-state index contributed by atoms with van der Waals surface area (Å²) in [7, 11) is -4.29. The highest BCUT2D eigenvalue weighted by Crippen LogP contribution is 2.43. The van der Waals surface area contributed by atoms with Crippen molar-refractivity contribution in [1.82, 2.24) is 0 Å². The summed E-state index contributed by atoms with van der Waals surface area (Å²) in [5.74, 6) is -0.337. The average Bonchev–Trinajstić information content (AvgIpc) is 3.31. The third kappa shape index (κ3) is 52.6. The molecule has 66 heavy (non-hydrogen) atoms. The second kappa shape index (κ2) is 53.6. The molecule has 0 aromatic heterocycles. The molecule has 0 spiro atoms. The number of hydrogen-bond acceptors (Lipinski definition) is 7. The van der Waals surface area contributed by atoms with Crippen LogP contribution in [0.25, 0.3) is 0 Å². The molecule has 0 aliphatic carbocycles. The van der Waals surface area contributed by atoms with Crippen molar-refractivity contribution in [3.8, 4) is 0 Å². The highest BCUT2D eigenvalue weighted by molar-refractivity contribution is 7.47. The van der Waals surface area contributed by atoms with Gasteiger partial charge < -0.3 is 20.1 Å². The van der Waals surface area contributed by atoms with Crippen molar-refractivity contribution in [3.63, 3.8) is 0 Å². The fourth-order valence-corrected chi connectivity index (χ4v) is 8.11. The number of ether oxygens (including phenoxy) is 2. The van der Waals surface area contributed by atoms with Gasteiger partial charge in [0.15, 0.2) is 0 Å². The van der Waals surface area contributed by atoms with E-state index in [4.69, 9.17) is 24.3 Å². The monoisotopic (exact) mass is 944 g/mol. The van der Waals surface area contributed by atoms with Gasteiger partial charge in [-0.05, 0) is 89.9 Å². The quantitative estimate of drug-likeness (QED) is 0.0268. The molecular formula is C57H102NO7P. The number of esters is 1. The Morgan fingerprint density at radius 3 is 1.29 bits per heavy atom. The first kappa shape index (κ1) is 63.7. The molecule has 0 amide bonds. The zero-order valence-corrected chi connectivity index (χ0v) is 43.6. The Labute approximate surface area is 407 Å². The molecule has 0 aliphatic heterocycles. The van der Waals surface area contributed by atoms with E-state index in [1.54, 1.807) is 0 Å². The van der Waals surface area contributed by atoms with Gasteiger partial charge in [0.25, 0.3) is 0 Å². The Morgan fingerprint density at radius 2 is 0.848 bits per heavy atom. The van der Waals surface area contributed by atoms with Gasteiger partial charge >= 0.3 is 13.8 Å². The normalized spacial score (nSPS) is 13.9. The number of nitrogens with two attached hydrogens (primary N) is 1. The van der Waals surface area contributed by atoms with Gasteiger partial charge in [-0.25, -0.2) is 4.57 Å². The molecule has 2 unspecified atom stereocenters. The lowest BCUT2D eigenvalue weighted by atomic mass is 10.1. The zero-order valence-electron chi connectivity index (χ0n) is 42.7. The Hall–Kier alpha value is -2.32. The predicted molar refractivity (Wildman–Crippen MR) is 284 cm³/mol. The minimum atomic E-state index is -4.29. The van der Waals surface area contributed by atoms with Crippen molar-refractivity contribution in [2.24, 2.45) is 5.73 Å². The van der Waals surface area contributed by atoms with Gasteiger partial charge in [0, 0.05) is 19.6 Å². The molecule has 8 nitrogen and oxygen atoms in total. The summed E-state index contributed by atoms with van der Waals surface area (Å²) < 4.78 is 33.6. The summed E-state index contributed by atoms with van der Waals surface area (Å²) in [6.45, 7) is 4.79. The van der Waals surface area contributed by atoms with Crippen LogP contribution in [0.5, 0.6) is 0 Å². The molecule has 0 bridgehead atoms.